The Morgan fingerprint density at radius 1 is 1.44 bits per heavy atom. The van der Waals surface area contributed by atoms with E-state index in [1.807, 2.05) is 0 Å². The first-order valence-electron chi connectivity index (χ1n) is 4.34. The number of aliphatic hydroxyl groups excluding tert-OH is 1. The lowest BCUT2D eigenvalue weighted by Gasteiger charge is -2.14. The van der Waals surface area contributed by atoms with Crippen molar-refractivity contribution in [3.8, 4) is 11.5 Å². The Bertz CT molecular complexity index is 404. The minimum absolute atomic E-state index is 0.0506. The second kappa shape index (κ2) is 5.05. The van der Waals surface area contributed by atoms with Crippen LogP contribution in [0.1, 0.15) is 11.7 Å². The molecule has 6 heteroatoms. The molecule has 1 rings (SSSR count). The normalized spacial score (nSPS) is 12.0. The molecule has 0 aliphatic carbocycles. The number of rotatable bonds is 3. The second-order valence-corrected chi connectivity index (χ2v) is 3.35. The molecular formula is C10H11ClO5. The van der Waals surface area contributed by atoms with E-state index in [1.165, 1.54) is 19.2 Å². The van der Waals surface area contributed by atoms with E-state index < -0.39 is 12.1 Å². The fourth-order valence-corrected chi connectivity index (χ4v) is 1.38. The Kier molecular flexibility index (Phi) is 3.98. The van der Waals surface area contributed by atoms with Crippen molar-refractivity contribution in [3.05, 3.63) is 22.7 Å². The van der Waals surface area contributed by atoms with E-state index in [1.54, 1.807) is 0 Å². The fraction of sp³-hybridized carbons (Fsp3) is 0.300. The molecule has 0 heterocycles. The molecule has 0 aliphatic rings. The van der Waals surface area contributed by atoms with Gasteiger partial charge in [0.2, 0.25) is 0 Å². The van der Waals surface area contributed by atoms with Crippen LogP contribution in [0.5, 0.6) is 11.5 Å². The lowest BCUT2D eigenvalue weighted by atomic mass is 10.1. The molecule has 88 valence electrons. The first-order valence-corrected chi connectivity index (χ1v) is 4.72. The number of methoxy groups -OCH3 is 2. The summed E-state index contributed by atoms with van der Waals surface area (Å²) in [6, 6.07) is 2.73. The van der Waals surface area contributed by atoms with Crippen LogP contribution >= 0.6 is 11.6 Å². The number of esters is 1. The molecular weight excluding hydrogens is 236 g/mol. The molecule has 1 aromatic carbocycles. The van der Waals surface area contributed by atoms with Crippen molar-refractivity contribution in [2.24, 2.45) is 0 Å². The Morgan fingerprint density at radius 2 is 2.06 bits per heavy atom. The molecule has 0 aliphatic heterocycles. The summed E-state index contributed by atoms with van der Waals surface area (Å²) in [4.78, 5) is 11.1. The number of hydrogen-bond donors (Lipinski definition) is 2. The highest BCUT2D eigenvalue weighted by Crippen LogP contribution is 2.39. The van der Waals surface area contributed by atoms with Crippen molar-refractivity contribution in [1.82, 2.24) is 0 Å². The summed E-state index contributed by atoms with van der Waals surface area (Å²) in [5, 5.41) is 19.2. The van der Waals surface area contributed by atoms with Gasteiger partial charge in [-0.2, -0.15) is 0 Å². The predicted octanol–water partition coefficient (Wildman–Crippen LogP) is 1.26. The van der Waals surface area contributed by atoms with Gasteiger partial charge in [0.1, 0.15) is 0 Å². The van der Waals surface area contributed by atoms with E-state index in [4.69, 9.17) is 16.3 Å². The molecule has 0 fully saturated rings. The van der Waals surface area contributed by atoms with Gasteiger partial charge < -0.3 is 19.7 Å². The third-order valence-electron chi connectivity index (χ3n) is 2.04. The van der Waals surface area contributed by atoms with E-state index in [2.05, 4.69) is 4.74 Å². The van der Waals surface area contributed by atoms with Gasteiger partial charge in [-0.1, -0.05) is 17.7 Å². The van der Waals surface area contributed by atoms with Crippen molar-refractivity contribution < 1.29 is 24.5 Å². The molecule has 5 nitrogen and oxygen atoms in total. The van der Waals surface area contributed by atoms with Gasteiger partial charge in [0.25, 0.3) is 0 Å². The van der Waals surface area contributed by atoms with Crippen molar-refractivity contribution in [3.63, 3.8) is 0 Å². The smallest absolute Gasteiger partial charge is 0.339 e. The van der Waals surface area contributed by atoms with E-state index in [-0.39, 0.29) is 22.1 Å². The first-order chi connectivity index (χ1) is 7.52. The zero-order valence-electron chi connectivity index (χ0n) is 8.73. The first kappa shape index (κ1) is 12.6. The van der Waals surface area contributed by atoms with Crippen LogP contribution < -0.4 is 4.74 Å². The average Bonchev–Trinajstić information content (AvgIpc) is 2.30. The highest BCUT2D eigenvalue weighted by Gasteiger charge is 2.24. The summed E-state index contributed by atoms with van der Waals surface area (Å²) in [6.07, 6.45) is -1.52. The quantitative estimate of drug-likeness (QED) is 0.786. The molecule has 0 saturated heterocycles. The van der Waals surface area contributed by atoms with Crippen LogP contribution in [0.2, 0.25) is 5.02 Å². The SMILES string of the molecule is COC(=O)C(O)c1ccc(Cl)c(O)c1OC. The van der Waals surface area contributed by atoms with E-state index in [0.29, 0.717) is 0 Å². The van der Waals surface area contributed by atoms with Crippen molar-refractivity contribution >= 4 is 17.6 Å². The summed E-state index contributed by atoms with van der Waals surface area (Å²) < 4.78 is 9.25. The van der Waals surface area contributed by atoms with Gasteiger partial charge in [-0.05, 0) is 6.07 Å². The number of ether oxygens (including phenoxy) is 2. The standard InChI is InChI=1S/C10H11ClO5/c1-15-9-5(7(12)10(14)16-2)3-4-6(11)8(9)13/h3-4,7,12-13H,1-2H3. The molecule has 0 aromatic heterocycles. The zero-order chi connectivity index (χ0) is 12.3. The third-order valence-corrected chi connectivity index (χ3v) is 2.34. The van der Waals surface area contributed by atoms with Crippen LogP contribution in [0.15, 0.2) is 12.1 Å². The molecule has 1 aromatic rings. The van der Waals surface area contributed by atoms with Crippen LogP contribution in [-0.4, -0.2) is 30.4 Å². The summed E-state index contributed by atoms with van der Waals surface area (Å²) in [7, 11) is 2.44. The van der Waals surface area contributed by atoms with Crippen LogP contribution in [0.4, 0.5) is 0 Å². The molecule has 0 bridgehead atoms. The Balaban J connectivity index is 3.23. The highest BCUT2D eigenvalue weighted by molar-refractivity contribution is 6.32. The number of benzene rings is 1. The molecule has 16 heavy (non-hydrogen) atoms. The van der Waals surface area contributed by atoms with Gasteiger partial charge in [0.05, 0.1) is 19.2 Å². The lowest BCUT2D eigenvalue weighted by Crippen LogP contribution is -2.14. The van der Waals surface area contributed by atoms with Gasteiger partial charge in [-0.15, -0.1) is 0 Å². The number of halogens is 1. The molecule has 0 saturated carbocycles. The van der Waals surface area contributed by atoms with Crippen LogP contribution in [0.3, 0.4) is 0 Å². The van der Waals surface area contributed by atoms with Crippen molar-refractivity contribution in [2.45, 2.75) is 6.10 Å². The minimum atomic E-state index is -1.52. The Hall–Kier alpha value is -1.46. The van der Waals surface area contributed by atoms with Crippen LogP contribution in [0, 0.1) is 0 Å². The summed E-state index contributed by atoms with van der Waals surface area (Å²) in [5.41, 5.74) is 0.0938. The summed E-state index contributed by atoms with van der Waals surface area (Å²) in [5.74, 6) is -1.23. The molecule has 0 amide bonds. The lowest BCUT2D eigenvalue weighted by molar-refractivity contribution is -0.150. The summed E-state index contributed by atoms with van der Waals surface area (Å²) >= 11 is 5.65. The number of aromatic hydroxyl groups is 1. The average molecular weight is 247 g/mol. The van der Waals surface area contributed by atoms with Crippen LogP contribution in [-0.2, 0) is 9.53 Å². The third kappa shape index (κ3) is 2.20. The van der Waals surface area contributed by atoms with Gasteiger partial charge in [-0.3, -0.25) is 0 Å². The van der Waals surface area contributed by atoms with E-state index in [9.17, 15) is 15.0 Å². The Morgan fingerprint density at radius 3 is 2.56 bits per heavy atom. The molecule has 1 atom stereocenters. The predicted molar refractivity (Wildman–Crippen MR) is 56.6 cm³/mol. The second-order valence-electron chi connectivity index (χ2n) is 2.94. The maximum absolute atomic E-state index is 11.1. The maximum Gasteiger partial charge on any atom is 0.339 e. The largest absolute Gasteiger partial charge is 0.503 e. The number of carbonyl (C=O) groups is 1. The van der Waals surface area contributed by atoms with Gasteiger partial charge in [-0.25, -0.2) is 4.79 Å². The number of phenolic OH excluding ortho intramolecular Hbond substituents is 1. The molecule has 0 radical (unpaired) electrons. The van der Waals surface area contributed by atoms with Gasteiger partial charge in [0, 0.05) is 5.56 Å². The van der Waals surface area contributed by atoms with Crippen LogP contribution in [0.25, 0.3) is 0 Å². The zero-order valence-corrected chi connectivity index (χ0v) is 9.49. The summed E-state index contributed by atoms with van der Waals surface area (Å²) in [6.45, 7) is 0. The van der Waals surface area contributed by atoms with E-state index in [0.717, 1.165) is 7.11 Å². The molecule has 1 unspecified atom stereocenters. The number of aliphatic hydroxyl groups is 1. The maximum atomic E-state index is 11.1. The Labute approximate surface area is 97.2 Å². The highest BCUT2D eigenvalue weighted by atomic mass is 35.5. The minimum Gasteiger partial charge on any atom is -0.503 e. The van der Waals surface area contributed by atoms with E-state index >= 15 is 0 Å². The topological polar surface area (TPSA) is 76.0 Å². The molecule has 2 N–H and O–H groups in total. The van der Waals surface area contributed by atoms with Crippen molar-refractivity contribution in [1.29, 1.82) is 0 Å². The van der Waals surface area contributed by atoms with Crippen molar-refractivity contribution in [2.75, 3.05) is 14.2 Å². The van der Waals surface area contributed by atoms with Gasteiger partial charge >= 0.3 is 5.97 Å². The number of phenols is 1. The fourth-order valence-electron chi connectivity index (χ4n) is 1.23. The van der Waals surface area contributed by atoms with Gasteiger partial charge in [0.15, 0.2) is 17.6 Å². The number of hydrogen-bond acceptors (Lipinski definition) is 5. The molecule has 0 spiro atoms. The number of carbonyl (C=O) groups excluding carboxylic acids is 1. The monoisotopic (exact) mass is 246 g/mol.